The van der Waals surface area contributed by atoms with Crippen molar-refractivity contribution in [3.8, 4) is 5.75 Å². The molecule has 1 fully saturated rings. The van der Waals surface area contributed by atoms with Crippen molar-refractivity contribution in [3.05, 3.63) is 54.5 Å². The number of ether oxygens (including phenoxy) is 1. The minimum atomic E-state index is -0.721. The number of thioether (sulfide) groups is 1. The first-order valence-electron chi connectivity index (χ1n) is 10.1. The Bertz CT molecular complexity index is 702. The lowest BCUT2D eigenvalue weighted by molar-refractivity contribution is -0.126. The van der Waals surface area contributed by atoms with Crippen molar-refractivity contribution >= 4 is 17.7 Å². The maximum Gasteiger partial charge on any atom is 0.233 e. The summed E-state index contributed by atoms with van der Waals surface area (Å²) in [4.78, 5) is 15.1. The average molecular weight is 403 g/mol. The Morgan fingerprint density at radius 3 is 2.64 bits per heavy atom. The first-order chi connectivity index (χ1) is 13.7. The van der Waals surface area contributed by atoms with Crippen LogP contribution in [0.2, 0.25) is 0 Å². The number of amides is 1. The molecule has 3 rings (SSSR count). The van der Waals surface area contributed by atoms with E-state index in [1.54, 1.807) is 18.0 Å². The maximum atomic E-state index is 12.7. The average Bonchev–Trinajstić information content (AvgIpc) is 3.23. The van der Waals surface area contributed by atoms with Crippen LogP contribution in [0.5, 0.6) is 5.75 Å². The molecule has 0 radical (unpaired) electrons. The SMILES string of the molecule is CCC(CN1CCCCC1)(NC(=O)CSCc1ccco1)Oc1ccccc1. The number of hydrogen-bond acceptors (Lipinski definition) is 5. The lowest BCUT2D eigenvalue weighted by Crippen LogP contribution is -2.60. The molecular weight excluding hydrogens is 372 g/mol. The largest absolute Gasteiger partial charge is 0.468 e. The summed E-state index contributed by atoms with van der Waals surface area (Å²) in [5.74, 6) is 2.72. The summed E-state index contributed by atoms with van der Waals surface area (Å²) in [6.07, 6.45) is 6.05. The fraction of sp³-hybridized carbons (Fsp3) is 0.500. The molecule has 2 aromatic rings. The number of rotatable bonds is 10. The minimum Gasteiger partial charge on any atom is -0.468 e. The van der Waals surface area contributed by atoms with Crippen molar-refractivity contribution in [1.82, 2.24) is 10.2 Å². The third-order valence-corrected chi connectivity index (χ3v) is 5.93. The summed E-state index contributed by atoms with van der Waals surface area (Å²) >= 11 is 1.55. The van der Waals surface area contributed by atoms with Crippen LogP contribution in [0, 0.1) is 0 Å². The summed E-state index contributed by atoms with van der Waals surface area (Å²) in [5, 5.41) is 3.20. The van der Waals surface area contributed by atoms with Gasteiger partial charge in [0.1, 0.15) is 11.5 Å². The van der Waals surface area contributed by atoms with E-state index in [1.165, 1.54) is 19.3 Å². The molecule has 6 heteroatoms. The van der Waals surface area contributed by atoms with Gasteiger partial charge in [-0.25, -0.2) is 0 Å². The van der Waals surface area contributed by atoms with Gasteiger partial charge in [0, 0.05) is 6.42 Å². The van der Waals surface area contributed by atoms with Gasteiger partial charge in [0.15, 0.2) is 5.72 Å². The summed E-state index contributed by atoms with van der Waals surface area (Å²) in [6.45, 7) is 4.89. The molecule has 1 amide bonds. The zero-order valence-corrected chi connectivity index (χ0v) is 17.4. The lowest BCUT2D eigenvalue weighted by Gasteiger charge is -2.40. The van der Waals surface area contributed by atoms with E-state index < -0.39 is 5.72 Å². The predicted molar refractivity (Wildman–Crippen MR) is 113 cm³/mol. The molecule has 0 spiro atoms. The molecule has 2 heterocycles. The summed E-state index contributed by atoms with van der Waals surface area (Å²) in [6, 6.07) is 13.6. The second-order valence-corrected chi connectivity index (χ2v) is 8.21. The molecule has 5 nitrogen and oxygen atoms in total. The molecule has 1 aliphatic heterocycles. The second kappa shape index (κ2) is 10.6. The maximum absolute atomic E-state index is 12.7. The highest BCUT2D eigenvalue weighted by atomic mass is 32.2. The Hall–Kier alpha value is -1.92. The van der Waals surface area contributed by atoms with Crippen LogP contribution in [0.4, 0.5) is 0 Å². The Labute approximate surface area is 171 Å². The fourth-order valence-electron chi connectivity index (χ4n) is 3.49. The Morgan fingerprint density at radius 1 is 1.18 bits per heavy atom. The van der Waals surface area contributed by atoms with Crippen molar-refractivity contribution in [2.24, 2.45) is 0 Å². The van der Waals surface area contributed by atoms with Crippen LogP contribution in [-0.2, 0) is 10.5 Å². The molecule has 0 bridgehead atoms. The molecule has 0 aliphatic carbocycles. The molecule has 28 heavy (non-hydrogen) atoms. The van der Waals surface area contributed by atoms with Gasteiger partial charge in [0.05, 0.1) is 24.3 Å². The molecule has 1 saturated heterocycles. The summed E-state index contributed by atoms with van der Waals surface area (Å²) < 4.78 is 11.7. The molecule has 0 saturated carbocycles. The van der Waals surface area contributed by atoms with Gasteiger partial charge in [-0.2, -0.15) is 0 Å². The van der Waals surface area contributed by atoms with Crippen molar-refractivity contribution in [2.75, 3.05) is 25.4 Å². The van der Waals surface area contributed by atoms with Crippen molar-refractivity contribution in [1.29, 1.82) is 0 Å². The van der Waals surface area contributed by atoms with Crippen molar-refractivity contribution < 1.29 is 13.9 Å². The molecule has 1 atom stereocenters. The van der Waals surface area contributed by atoms with Gasteiger partial charge in [-0.15, -0.1) is 11.8 Å². The molecule has 1 N–H and O–H groups in total. The summed E-state index contributed by atoms with van der Waals surface area (Å²) in [5.41, 5.74) is -0.721. The Kier molecular flexibility index (Phi) is 7.86. The number of likely N-dealkylation sites (tertiary alicyclic amines) is 1. The van der Waals surface area contributed by atoms with Gasteiger partial charge < -0.3 is 14.5 Å². The van der Waals surface area contributed by atoms with Crippen molar-refractivity contribution in [3.63, 3.8) is 0 Å². The number of furan rings is 1. The third-order valence-electron chi connectivity index (χ3n) is 4.98. The van der Waals surface area contributed by atoms with Crippen LogP contribution < -0.4 is 10.1 Å². The molecule has 1 aromatic heterocycles. The smallest absolute Gasteiger partial charge is 0.233 e. The van der Waals surface area contributed by atoms with E-state index >= 15 is 0 Å². The molecule has 1 aromatic carbocycles. The quantitative estimate of drug-likeness (QED) is 0.601. The van der Waals surface area contributed by atoms with E-state index in [1.807, 2.05) is 42.5 Å². The van der Waals surface area contributed by atoms with Gasteiger partial charge in [0.2, 0.25) is 5.91 Å². The van der Waals surface area contributed by atoms with E-state index in [9.17, 15) is 4.79 Å². The number of para-hydroxylation sites is 1. The standard InChI is InChI=1S/C22H30N2O3S/c1-2-22(18-24-13-7-4-8-14-24,27-19-10-5-3-6-11-19)23-21(25)17-28-16-20-12-9-15-26-20/h3,5-6,9-12,15H,2,4,7-8,13-14,16-18H2,1H3,(H,23,25). The highest BCUT2D eigenvalue weighted by Crippen LogP contribution is 2.23. The summed E-state index contributed by atoms with van der Waals surface area (Å²) in [7, 11) is 0. The zero-order chi connectivity index (χ0) is 19.7. The first kappa shape index (κ1) is 20.8. The van der Waals surface area contributed by atoms with Crippen LogP contribution >= 0.6 is 11.8 Å². The van der Waals surface area contributed by atoms with Crippen LogP contribution in [0.1, 0.15) is 38.4 Å². The van der Waals surface area contributed by atoms with Gasteiger partial charge in [-0.3, -0.25) is 9.69 Å². The van der Waals surface area contributed by atoms with E-state index in [4.69, 9.17) is 9.15 Å². The molecule has 1 aliphatic rings. The van der Waals surface area contributed by atoms with E-state index in [2.05, 4.69) is 17.1 Å². The highest BCUT2D eigenvalue weighted by Gasteiger charge is 2.35. The van der Waals surface area contributed by atoms with Crippen molar-refractivity contribution in [2.45, 2.75) is 44.1 Å². The van der Waals surface area contributed by atoms with Crippen LogP contribution in [0.3, 0.4) is 0 Å². The minimum absolute atomic E-state index is 0.00801. The fourth-order valence-corrected chi connectivity index (χ4v) is 4.22. The van der Waals surface area contributed by atoms with Gasteiger partial charge >= 0.3 is 0 Å². The van der Waals surface area contributed by atoms with E-state index in [-0.39, 0.29) is 5.91 Å². The normalized spacial score (nSPS) is 17.0. The number of piperidine rings is 1. The third kappa shape index (κ3) is 6.31. The van der Waals surface area contributed by atoms with Gasteiger partial charge in [-0.1, -0.05) is 31.5 Å². The van der Waals surface area contributed by atoms with E-state index in [0.29, 0.717) is 24.5 Å². The topological polar surface area (TPSA) is 54.7 Å². The number of benzene rings is 1. The lowest BCUT2D eigenvalue weighted by atomic mass is 10.1. The van der Waals surface area contributed by atoms with Crippen LogP contribution in [-0.4, -0.2) is 41.9 Å². The first-order valence-corrected chi connectivity index (χ1v) is 11.2. The highest BCUT2D eigenvalue weighted by molar-refractivity contribution is 7.99. The van der Waals surface area contributed by atoms with Gasteiger partial charge in [0.25, 0.3) is 0 Å². The number of nitrogens with zero attached hydrogens (tertiary/aromatic N) is 1. The Balaban J connectivity index is 1.63. The predicted octanol–water partition coefficient (Wildman–Crippen LogP) is 4.30. The number of nitrogens with one attached hydrogen (secondary N) is 1. The van der Waals surface area contributed by atoms with E-state index in [0.717, 1.165) is 24.6 Å². The second-order valence-electron chi connectivity index (χ2n) is 7.22. The molecule has 1 unspecified atom stereocenters. The van der Waals surface area contributed by atoms with Crippen LogP contribution in [0.15, 0.2) is 53.1 Å². The monoisotopic (exact) mass is 402 g/mol. The van der Waals surface area contributed by atoms with Gasteiger partial charge in [-0.05, 0) is 50.2 Å². The number of carbonyl (C=O) groups excluding carboxylic acids is 1. The van der Waals surface area contributed by atoms with Crippen LogP contribution in [0.25, 0.3) is 0 Å². The Morgan fingerprint density at radius 2 is 1.96 bits per heavy atom. The molecular formula is C22H30N2O3S. The molecule has 152 valence electrons. The number of hydrogen-bond donors (Lipinski definition) is 1. The zero-order valence-electron chi connectivity index (χ0n) is 16.6. The number of carbonyl (C=O) groups is 1.